The van der Waals surface area contributed by atoms with Crippen LogP contribution in [-0.2, 0) is 9.59 Å². The van der Waals surface area contributed by atoms with Gasteiger partial charge in [0.15, 0.2) is 7.59 Å². The van der Waals surface area contributed by atoms with Crippen LogP contribution >= 0.6 is 80.9 Å². The lowest BCUT2D eigenvalue weighted by molar-refractivity contribution is -0.140. The van der Waals surface area contributed by atoms with E-state index in [2.05, 4.69) is 10.3 Å². The smallest absolute Gasteiger partial charge is 0.243 e. The monoisotopic (exact) mass is 543 g/mol. The van der Waals surface area contributed by atoms with Gasteiger partial charge >= 0.3 is 0 Å². The average Bonchev–Trinajstić information content (AvgIpc) is 3.11. The maximum atomic E-state index is 13.0. The standard InChI is InChI=1S/C17H23Cl6N3O2S/c1-9(16(18,19)20)7-12(14(28)25-11(3)15-24-5-6-29-15)26(4)13(27)8-10(2)17(21,22)23/h5-6,9-12H,7-8H2,1-4H3,(H,25,28)/t9-,10-,11-,12-/m0/s1. The number of nitrogens with zero attached hydrogens (tertiary/aromatic N) is 2. The minimum atomic E-state index is -1.60. The van der Waals surface area contributed by atoms with Crippen LogP contribution in [0.4, 0.5) is 0 Å². The van der Waals surface area contributed by atoms with E-state index >= 15 is 0 Å². The van der Waals surface area contributed by atoms with Gasteiger partial charge in [0, 0.05) is 36.9 Å². The van der Waals surface area contributed by atoms with Crippen molar-refractivity contribution < 1.29 is 9.59 Å². The van der Waals surface area contributed by atoms with Gasteiger partial charge in [-0.3, -0.25) is 9.59 Å². The molecule has 0 spiro atoms. The molecule has 2 amide bonds. The molecule has 0 aliphatic carbocycles. The summed E-state index contributed by atoms with van der Waals surface area (Å²) in [6, 6.07) is -1.21. The maximum absolute atomic E-state index is 13.0. The van der Waals surface area contributed by atoms with E-state index in [-0.39, 0.29) is 30.7 Å². The topological polar surface area (TPSA) is 62.3 Å². The molecule has 1 rings (SSSR count). The van der Waals surface area contributed by atoms with Gasteiger partial charge in [0.25, 0.3) is 0 Å². The van der Waals surface area contributed by atoms with Crippen LogP contribution in [0.5, 0.6) is 0 Å². The zero-order chi connectivity index (χ0) is 22.6. The fraction of sp³-hybridized carbons (Fsp3) is 0.706. The van der Waals surface area contributed by atoms with Crippen molar-refractivity contribution in [1.82, 2.24) is 15.2 Å². The Balaban J connectivity index is 2.99. The van der Waals surface area contributed by atoms with Gasteiger partial charge in [-0.2, -0.15) is 0 Å². The Morgan fingerprint density at radius 1 is 1.10 bits per heavy atom. The number of thiazole rings is 1. The number of carbonyl (C=O) groups excluding carboxylic acids is 2. The average molecular weight is 546 g/mol. The zero-order valence-corrected chi connectivity index (χ0v) is 21.6. The number of halogens is 6. The summed E-state index contributed by atoms with van der Waals surface area (Å²) in [7, 11) is 1.51. The van der Waals surface area contributed by atoms with Crippen molar-refractivity contribution in [1.29, 1.82) is 0 Å². The number of hydrogen-bond acceptors (Lipinski definition) is 4. The van der Waals surface area contributed by atoms with Crippen molar-refractivity contribution >= 4 is 92.8 Å². The summed E-state index contributed by atoms with van der Waals surface area (Å²) in [6.45, 7) is 5.14. The molecular weight excluding hydrogens is 523 g/mol. The third-order valence-electron chi connectivity index (χ3n) is 4.52. The van der Waals surface area contributed by atoms with Crippen molar-refractivity contribution in [3.63, 3.8) is 0 Å². The molecule has 1 aromatic heterocycles. The van der Waals surface area contributed by atoms with Gasteiger partial charge in [0.2, 0.25) is 11.8 Å². The molecule has 1 heterocycles. The molecule has 5 nitrogen and oxygen atoms in total. The summed E-state index contributed by atoms with van der Waals surface area (Å²) in [5, 5.41) is 5.42. The minimum Gasteiger partial charge on any atom is -0.345 e. The van der Waals surface area contributed by atoms with E-state index in [0.29, 0.717) is 0 Å². The Morgan fingerprint density at radius 2 is 1.66 bits per heavy atom. The van der Waals surface area contributed by atoms with Crippen molar-refractivity contribution in [2.45, 2.75) is 53.3 Å². The first-order valence-electron chi connectivity index (χ1n) is 8.73. The summed E-state index contributed by atoms with van der Waals surface area (Å²) >= 11 is 37.0. The van der Waals surface area contributed by atoms with Gasteiger partial charge < -0.3 is 10.2 Å². The molecule has 1 N–H and O–H groups in total. The maximum Gasteiger partial charge on any atom is 0.243 e. The Kier molecular flexibility index (Phi) is 10.6. The number of alkyl halides is 6. The van der Waals surface area contributed by atoms with Crippen LogP contribution in [-0.4, -0.2) is 42.4 Å². The van der Waals surface area contributed by atoms with Crippen LogP contribution in [0.15, 0.2) is 11.6 Å². The molecule has 0 aliphatic rings. The number of nitrogens with one attached hydrogen (secondary N) is 1. The Hall–Kier alpha value is 0.310. The van der Waals surface area contributed by atoms with Gasteiger partial charge in [0.05, 0.1) is 6.04 Å². The van der Waals surface area contributed by atoms with E-state index in [4.69, 9.17) is 69.6 Å². The second-order valence-electron chi connectivity index (χ2n) is 6.95. The molecule has 0 saturated carbocycles. The number of likely N-dealkylation sites (N-methyl/N-ethyl adjacent to an activating group) is 1. The summed E-state index contributed by atoms with van der Waals surface area (Å²) in [4.78, 5) is 31.3. The van der Waals surface area contributed by atoms with Crippen molar-refractivity contribution in [3.8, 4) is 0 Å². The van der Waals surface area contributed by atoms with Gasteiger partial charge in [0.1, 0.15) is 11.0 Å². The second kappa shape index (κ2) is 11.3. The number of hydrogen-bond donors (Lipinski definition) is 1. The number of aromatic nitrogens is 1. The van der Waals surface area contributed by atoms with E-state index in [1.54, 1.807) is 27.0 Å². The fourth-order valence-electron chi connectivity index (χ4n) is 2.42. The summed E-state index contributed by atoms with van der Waals surface area (Å²) in [5.41, 5.74) is 0. The molecule has 1 aromatic rings. The molecule has 166 valence electrons. The molecule has 29 heavy (non-hydrogen) atoms. The molecule has 0 saturated heterocycles. The van der Waals surface area contributed by atoms with Crippen LogP contribution in [0.1, 0.15) is 44.7 Å². The predicted octanol–water partition coefficient (Wildman–Crippen LogP) is 5.94. The highest BCUT2D eigenvalue weighted by atomic mass is 35.6. The molecule has 0 bridgehead atoms. The van der Waals surface area contributed by atoms with Gasteiger partial charge in [-0.05, 0) is 13.3 Å². The van der Waals surface area contributed by atoms with Gasteiger partial charge in [-0.1, -0.05) is 83.5 Å². The van der Waals surface area contributed by atoms with E-state index < -0.39 is 25.5 Å². The Bertz CT molecular complexity index is 678. The first-order valence-corrected chi connectivity index (χ1v) is 11.9. The molecule has 0 aliphatic heterocycles. The normalized spacial score (nSPS) is 16.6. The van der Waals surface area contributed by atoms with Gasteiger partial charge in [-0.15, -0.1) is 11.3 Å². The number of amides is 2. The second-order valence-corrected chi connectivity index (χ2v) is 12.6. The lowest BCUT2D eigenvalue weighted by Crippen LogP contribution is -2.50. The highest BCUT2D eigenvalue weighted by Gasteiger charge is 2.38. The van der Waals surface area contributed by atoms with E-state index in [1.807, 2.05) is 5.38 Å². The SMILES string of the molecule is C[C@H](NC(=O)[C@H](C[C@H](C)C(Cl)(Cl)Cl)N(C)C(=O)C[C@H](C)C(Cl)(Cl)Cl)c1nccs1. The lowest BCUT2D eigenvalue weighted by Gasteiger charge is -2.33. The van der Waals surface area contributed by atoms with Crippen LogP contribution in [0.2, 0.25) is 0 Å². The fourth-order valence-corrected chi connectivity index (χ4v) is 3.57. The molecule has 4 atom stereocenters. The summed E-state index contributed by atoms with van der Waals surface area (Å²) in [5.74, 6) is -1.79. The molecular formula is C17H23Cl6N3O2S. The summed E-state index contributed by atoms with van der Waals surface area (Å²) in [6.07, 6.45) is 1.73. The van der Waals surface area contributed by atoms with Crippen LogP contribution < -0.4 is 5.32 Å². The predicted molar refractivity (Wildman–Crippen MR) is 123 cm³/mol. The third kappa shape index (κ3) is 8.76. The minimum absolute atomic E-state index is 0.0546. The highest BCUT2D eigenvalue weighted by Crippen LogP contribution is 2.39. The van der Waals surface area contributed by atoms with E-state index in [9.17, 15) is 9.59 Å². The van der Waals surface area contributed by atoms with Crippen LogP contribution in [0.3, 0.4) is 0 Å². The molecule has 0 radical (unpaired) electrons. The largest absolute Gasteiger partial charge is 0.345 e. The Labute approximate surface area is 205 Å². The van der Waals surface area contributed by atoms with Crippen molar-refractivity contribution in [2.75, 3.05) is 7.05 Å². The first kappa shape index (κ1) is 27.3. The third-order valence-corrected chi connectivity index (χ3v) is 7.71. The van der Waals surface area contributed by atoms with E-state index in [0.717, 1.165) is 5.01 Å². The quantitative estimate of drug-likeness (QED) is 0.411. The van der Waals surface area contributed by atoms with E-state index in [1.165, 1.54) is 23.3 Å². The molecule has 0 fully saturated rings. The molecule has 0 aromatic carbocycles. The van der Waals surface area contributed by atoms with Crippen LogP contribution in [0, 0.1) is 11.8 Å². The van der Waals surface area contributed by atoms with Crippen LogP contribution in [0.25, 0.3) is 0 Å². The summed E-state index contributed by atoms with van der Waals surface area (Å²) < 4.78 is -3.19. The molecule has 12 heteroatoms. The molecule has 0 unspecified atom stereocenters. The first-order chi connectivity index (χ1) is 13.1. The van der Waals surface area contributed by atoms with Crippen molar-refractivity contribution in [2.24, 2.45) is 11.8 Å². The van der Waals surface area contributed by atoms with Gasteiger partial charge in [-0.25, -0.2) is 4.98 Å². The number of carbonyl (C=O) groups is 2. The lowest BCUT2D eigenvalue weighted by atomic mass is 9.99. The number of rotatable bonds is 8. The highest BCUT2D eigenvalue weighted by molar-refractivity contribution is 7.09. The Morgan fingerprint density at radius 3 is 2.10 bits per heavy atom. The zero-order valence-electron chi connectivity index (χ0n) is 16.3. The van der Waals surface area contributed by atoms with Crippen molar-refractivity contribution in [3.05, 3.63) is 16.6 Å².